The van der Waals surface area contributed by atoms with Crippen LogP contribution in [0.4, 0.5) is 5.69 Å². The van der Waals surface area contributed by atoms with Crippen LogP contribution < -0.4 is 10.6 Å². The Bertz CT molecular complexity index is 807. The van der Waals surface area contributed by atoms with Crippen LogP contribution in [0.5, 0.6) is 0 Å². The van der Waals surface area contributed by atoms with E-state index in [0.717, 1.165) is 22.0 Å². The topological polar surface area (TPSA) is 74.3 Å². The lowest BCUT2D eigenvalue weighted by atomic mass is 9.95. The summed E-state index contributed by atoms with van der Waals surface area (Å²) in [7, 11) is 1.91. The predicted octanol–water partition coefficient (Wildman–Crippen LogP) is 3.75. The first-order valence-electron chi connectivity index (χ1n) is 9.39. The van der Waals surface area contributed by atoms with Gasteiger partial charge >= 0.3 is 0 Å². The van der Waals surface area contributed by atoms with E-state index in [1.54, 1.807) is 11.3 Å². The highest BCUT2D eigenvalue weighted by molar-refractivity contribution is 7.09. The molecule has 0 saturated carbocycles. The molecule has 0 aliphatic carbocycles. The molecule has 0 atom stereocenters. The minimum atomic E-state index is -0.430. The fraction of sp³-hybridized carbons (Fsp3) is 0.476. The number of hydrogen-bond acceptors (Lipinski definition) is 5. The van der Waals surface area contributed by atoms with Crippen LogP contribution in [0.1, 0.15) is 39.6 Å². The van der Waals surface area contributed by atoms with Crippen molar-refractivity contribution in [2.45, 2.75) is 47.2 Å². The van der Waals surface area contributed by atoms with Crippen molar-refractivity contribution in [1.29, 1.82) is 0 Å². The van der Waals surface area contributed by atoms with E-state index in [2.05, 4.69) is 15.6 Å². The van der Waals surface area contributed by atoms with Crippen molar-refractivity contribution < 1.29 is 9.59 Å². The zero-order valence-corrected chi connectivity index (χ0v) is 18.3. The Labute approximate surface area is 171 Å². The second kappa shape index (κ2) is 9.30. The molecule has 7 heteroatoms. The predicted molar refractivity (Wildman–Crippen MR) is 115 cm³/mol. The maximum absolute atomic E-state index is 12.1. The van der Waals surface area contributed by atoms with Crippen LogP contribution in [0.15, 0.2) is 29.6 Å². The Kier molecular flexibility index (Phi) is 7.32. The van der Waals surface area contributed by atoms with Gasteiger partial charge in [0.05, 0.1) is 18.8 Å². The van der Waals surface area contributed by atoms with E-state index >= 15 is 0 Å². The Morgan fingerprint density at radius 1 is 1.18 bits per heavy atom. The number of benzene rings is 1. The molecule has 1 aromatic heterocycles. The average molecular weight is 403 g/mol. The quantitative estimate of drug-likeness (QED) is 0.740. The van der Waals surface area contributed by atoms with Crippen LogP contribution >= 0.6 is 11.3 Å². The van der Waals surface area contributed by atoms with E-state index in [0.29, 0.717) is 13.1 Å². The third kappa shape index (κ3) is 6.73. The number of nitrogens with one attached hydrogen (secondary N) is 2. The minimum absolute atomic E-state index is 0.0132. The Balaban J connectivity index is 1.96. The Hall–Kier alpha value is -2.25. The van der Waals surface area contributed by atoms with Crippen molar-refractivity contribution in [2.75, 3.05) is 18.9 Å². The summed E-state index contributed by atoms with van der Waals surface area (Å²) in [5, 5.41) is 8.79. The van der Waals surface area contributed by atoms with Crippen molar-refractivity contribution in [3.05, 3.63) is 34.7 Å². The molecule has 0 radical (unpaired) electrons. The standard InChI is InChI=1S/C21H30N4O2S/c1-14(2)22-18(26)11-25(6)12-19-24-17(13-28-19)15-7-9-16(10-8-15)23-20(27)21(3,4)5/h7-10,13-14H,11-12H2,1-6H3,(H,22,26)(H,23,27). The van der Waals surface area contributed by atoms with Crippen molar-refractivity contribution in [3.63, 3.8) is 0 Å². The van der Waals surface area contributed by atoms with Gasteiger partial charge in [0.1, 0.15) is 5.01 Å². The number of hydrogen-bond donors (Lipinski definition) is 2. The average Bonchev–Trinajstić information content (AvgIpc) is 3.01. The molecule has 0 bridgehead atoms. The zero-order chi connectivity index (χ0) is 20.9. The zero-order valence-electron chi connectivity index (χ0n) is 17.5. The molecule has 0 saturated heterocycles. The molecule has 1 heterocycles. The van der Waals surface area contributed by atoms with Gasteiger partial charge in [-0.3, -0.25) is 14.5 Å². The second-order valence-electron chi connectivity index (χ2n) is 8.30. The Morgan fingerprint density at radius 3 is 2.39 bits per heavy atom. The maximum Gasteiger partial charge on any atom is 0.234 e. The molecule has 2 N–H and O–H groups in total. The molecule has 2 amide bonds. The molecule has 152 valence electrons. The summed E-state index contributed by atoms with van der Waals surface area (Å²) in [5.41, 5.74) is 2.24. The monoisotopic (exact) mass is 402 g/mol. The van der Waals surface area contributed by atoms with E-state index in [9.17, 15) is 9.59 Å². The minimum Gasteiger partial charge on any atom is -0.353 e. The first-order valence-corrected chi connectivity index (χ1v) is 10.3. The number of likely N-dealkylation sites (N-methyl/N-ethyl adjacent to an activating group) is 1. The fourth-order valence-electron chi connectivity index (χ4n) is 2.46. The van der Waals surface area contributed by atoms with Gasteiger partial charge in [-0.25, -0.2) is 4.98 Å². The van der Waals surface area contributed by atoms with Gasteiger partial charge in [-0.1, -0.05) is 32.9 Å². The van der Waals surface area contributed by atoms with E-state index in [-0.39, 0.29) is 17.9 Å². The summed E-state index contributed by atoms with van der Waals surface area (Å²) in [6.07, 6.45) is 0. The van der Waals surface area contributed by atoms with Gasteiger partial charge in [0.25, 0.3) is 0 Å². The summed E-state index contributed by atoms with van der Waals surface area (Å²) < 4.78 is 0. The molecule has 1 aromatic carbocycles. The summed E-state index contributed by atoms with van der Waals surface area (Å²) in [4.78, 5) is 30.6. The van der Waals surface area contributed by atoms with Crippen LogP contribution in [0.25, 0.3) is 11.3 Å². The molecule has 0 unspecified atom stereocenters. The summed E-state index contributed by atoms with van der Waals surface area (Å²) >= 11 is 1.58. The van der Waals surface area contributed by atoms with Crippen molar-refractivity contribution in [1.82, 2.24) is 15.2 Å². The largest absolute Gasteiger partial charge is 0.353 e. The van der Waals surface area contributed by atoms with Gasteiger partial charge in [0, 0.05) is 28.1 Å². The third-order valence-corrected chi connectivity index (χ3v) is 4.77. The second-order valence-corrected chi connectivity index (χ2v) is 9.25. The molecule has 0 aliphatic heterocycles. The fourth-order valence-corrected chi connectivity index (χ4v) is 3.34. The lowest BCUT2D eigenvalue weighted by Gasteiger charge is -2.17. The molecule has 28 heavy (non-hydrogen) atoms. The maximum atomic E-state index is 12.1. The first-order chi connectivity index (χ1) is 13.0. The van der Waals surface area contributed by atoms with Crippen molar-refractivity contribution in [3.8, 4) is 11.3 Å². The molecular formula is C21H30N4O2S. The summed E-state index contributed by atoms with van der Waals surface area (Å²) in [6, 6.07) is 7.83. The lowest BCUT2D eigenvalue weighted by Crippen LogP contribution is -2.38. The van der Waals surface area contributed by atoms with Gasteiger partial charge in [-0.15, -0.1) is 11.3 Å². The highest BCUT2D eigenvalue weighted by Gasteiger charge is 2.21. The highest BCUT2D eigenvalue weighted by Crippen LogP contribution is 2.25. The number of carbonyl (C=O) groups excluding carboxylic acids is 2. The lowest BCUT2D eigenvalue weighted by molar-refractivity contribution is -0.123. The number of amides is 2. The van der Waals surface area contributed by atoms with Crippen LogP contribution in [0, 0.1) is 5.41 Å². The van der Waals surface area contributed by atoms with E-state index in [1.807, 2.05) is 76.2 Å². The molecule has 0 fully saturated rings. The SMILES string of the molecule is CC(C)NC(=O)CN(C)Cc1nc(-c2ccc(NC(=O)C(C)(C)C)cc2)cs1. The number of carbonyl (C=O) groups is 2. The van der Waals surface area contributed by atoms with E-state index in [4.69, 9.17) is 0 Å². The number of aromatic nitrogens is 1. The Morgan fingerprint density at radius 2 is 1.82 bits per heavy atom. The van der Waals surface area contributed by atoms with Gasteiger partial charge in [0.15, 0.2) is 0 Å². The first kappa shape index (κ1) is 22.0. The molecule has 0 aliphatic rings. The van der Waals surface area contributed by atoms with Crippen LogP contribution in [0.2, 0.25) is 0 Å². The van der Waals surface area contributed by atoms with Crippen LogP contribution in [-0.4, -0.2) is 41.3 Å². The molecular weight excluding hydrogens is 372 g/mol. The molecule has 0 spiro atoms. The van der Waals surface area contributed by atoms with Crippen molar-refractivity contribution in [2.24, 2.45) is 5.41 Å². The number of thiazole rings is 1. The van der Waals surface area contributed by atoms with Gasteiger partial charge in [-0.2, -0.15) is 0 Å². The van der Waals surface area contributed by atoms with Crippen LogP contribution in [-0.2, 0) is 16.1 Å². The summed E-state index contributed by atoms with van der Waals surface area (Å²) in [6.45, 7) is 10.5. The number of rotatable bonds is 7. The highest BCUT2D eigenvalue weighted by atomic mass is 32.1. The van der Waals surface area contributed by atoms with Gasteiger partial charge in [0.2, 0.25) is 11.8 Å². The summed E-state index contributed by atoms with van der Waals surface area (Å²) in [5.74, 6) is 0.00269. The van der Waals surface area contributed by atoms with Crippen molar-refractivity contribution >= 4 is 28.8 Å². The third-order valence-electron chi connectivity index (χ3n) is 3.94. The molecule has 6 nitrogen and oxygen atoms in total. The van der Waals surface area contributed by atoms with E-state index < -0.39 is 5.41 Å². The van der Waals surface area contributed by atoms with E-state index in [1.165, 1.54) is 0 Å². The van der Waals surface area contributed by atoms with Gasteiger partial charge < -0.3 is 10.6 Å². The van der Waals surface area contributed by atoms with Crippen LogP contribution in [0.3, 0.4) is 0 Å². The smallest absolute Gasteiger partial charge is 0.234 e. The number of nitrogens with zero attached hydrogens (tertiary/aromatic N) is 2. The number of anilines is 1. The van der Waals surface area contributed by atoms with Gasteiger partial charge in [-0.05, 0) is 33.0 Å². The molecule has 2 aromatic rings. The normalized spacial score (nSPS) is 11.7. The molecule has 2 rings (SSSR count).